The van der Waals surface area contributed by atoms with Gasteiger partial charge in [-0.15, -0.1) is 0 Å². The Morgan fingerprint density at radius 2 is 1.04 bits per heavy atom. The number of nitrogens with one attached hydrogen (secondary N) is 4. The molecule has 0 aliphatic carbocycles. The van der Waals surface area contributed by atoms with Gasteiger partial charge in [-0.2, -0.15) is 13.2 Å². The highest BCUT2D eigenvalue weighted by Crippen LogP contribution is 2.25. The summed E-state index contributed by atoms with van der Waals surface area (Å²) >= 11 is 0. The molecule has 0 radical (unpaired) electrons. The molecule has 0 unspecified atom stereocenters. The third kappa shape index (κ3) is 3.11. The molecule has 1 aliphatic rings. The van der Waals surface area contributed by atoms with Crippen molar-refractivity contribution in [3.8, 4) is 0 Å². The Hall–Kier alpha value is -3.61. The normalized spacial score (nSPS) is 13.2. The molecular weight excluding hydrogens is 365 g/mol. The summed E-state index contributed by atoms with van der Waals surface area (Å²) in [6.45, 7) is 0. The van der Waals surface area contributed by atoms with E-state index in [2.05, 4.69) is 19.9 Å². The van der Waals surface area contributed by atoms with Crippen molar-refractivity contribution in [3.05, 3.63) is 92.2 Å². The van der Waals surface area contributed by atoms with Crippen LogP contribution in [0.25, 0.3) is 24.3 Å². The van der Waals surface area contributed by atoms with Crippen LogP contribution in [0.15, 0.2) is 42.5 Å². The molecule has 4 nitrogen and oxygen atoms in total. The van der Waals surface area contributed by atoms with Crippen molar-refractivity contribution in [2.75, 3.05) is 0 Å². The average Bonchev–Trinajstić information content (AvgIpc) is 3.38. The van der Waals surface area contributed by atoms with Crippen LogP contribution in [-0.4, -0.2) is 19.9 Å². The second-order valence-corrected chi connectivity index (χ2v) is 6.73. The topological polar surface area (TPSA) is 63.2 Å². The first-order chi connectivity index (χ1) is 13.4. The molecule has 1 aliphatic heterocycles. The van der Waals surface area contributed by atoms with Gasteiger partial charge in [0.1, 0.15) is 0 Å². The Labute approximate surface area is 156 Å². The lowest BCUT2D eigenvalue weighted by atomic mass is 10.2. The number of aromatic amines is 4. The monoisotopic (exact) mass is 380 g/mol. The van der Waals surface area contributed by atoms with Crippen LogP contribution < -0.4 is 21.4 Å². The maximum Gasteiger partial charge on any atom is 0.418 e. The summed E-state index contributed by atoms with van der Waals surface area (Å²) < 4.78 is 40.5. The first-order valence-corrected chi connectivity index (χ1v) is 8.69. The van der Waals surface area contributed by atoms with E-state index in [9.17, 15) is 13.2 Å². The van der Waals surface area contributed by atoms with Gasteiger partial charge >= 0.3 is 6.18 Å². The highest BCUT2D eigenvalue weighted by atomic mass is 19.4. The first kappa shape index (κ1) is 16.6. The van der Waals surface area contributed by atoms with E-state index in [-0.39, 0.29) is 5.35 Å². The molecule has 0 amide bonds. The van der Waals surface area contributed by atoms with Gasteiger partial charge in [0.25, 0.3) is 0 Å². The van der Waals surface area contributed by atoms with E-state index in [0.717, 1.165) is 28.2 Å². The Kier molecular flexibility index (Phi) is 3.52. The third-order valence-corrected chi connectivity index (χ3v) is 4.60. The van der Waals surface area contributed by atoms with E-state index in [4.69, 9.17) is 0 Å². The largest absolute Gasteiger partial charge is 0.418 e. The van der Waals surface area contributed by atoms with Gasteiger partial charge < -0.3 is 19.9 Å². The fraction of sp³-hybridized carbons (Fsp3) is 0.0476. The zero-order valence-corrected chi connectivity index (χ0v) is 14.5. The molecule has 0 fully saturated rings. The maximum absolute atomic E-state index is 13.5. The van der Waals surface area contributed by atoms with Crippen LogP contribution in [-0.2, 0) is 6.18 Å². The zero-order chi connectivity index (χ0) is 19.3. The number of hydrogen-bond acceptors (Lipinski definition) is 0. The second kappa shape index (κ2) is 5.95. The van der Waals surface area contributed by atoms with Gasteiger partial charge in [-0.05, 0) is 66.8 Å². The molecule has 0 spiro atoms. The molecular formula is C21H15F3N4. The number of alkyl halides is 3. The SMILES string of the molecule is FC(F)(F)c1cc2[nH]c1=Cc1ccc([nH]1)C=c1ccc([nH]1)=Cc1ccc([nH]1)C=2. The van der Waals surface area contributed by atoms with Crippen molar-refractivity contribution in [1.82, 2.24) is 19.9 Å². The van der Waals surface area contributed by atoms with Crippen LogP contribution in [0.4, 0.5) is 13.2 Å². The smallest absolute Gasteiger partial charge is 0.355 e. The summed E-state index contributed by atoms with van der Waals surface area (Å²) in [7, 11) is 0. The molecule has 5 heterocycles. The summed E-state index contributed by atoms with van der Waals surface area (Å²) in [6.07, 6.45) is 2.52. The lowest BCUT2D eigenvalue weighted by molar-refractivity contribution is -0.138. The predicted octanol–water partition coefficient (Wildman–Crippen LogP) is 1.65. The van der Waals surface area contributed by atoms with Gasteiger partial charge in [0, 0.05) is 38.8 Å². The van der Waals surface area contributed by atoms with Crippen molar-refractivity contribution in [1.29, 1.82) is 0 Å². The van der Waals surface area contributed by atoms with Gasteiger partial charge in [0.15, 0.2) is 0 Å². The van der Waals surface area contributed by atoms with Crippen LogP contribution in [0.2, 0.25) is 0 Å². The molecule has 7 heteroatoms. The van der Waals surface area contributed by atoms with Crippen LogP contribution in [0, 0.1) is 0 Å². The number of hydrogen-bond donors (Lipinski definition) is 4. The molecule has 4 aromatic rings. The molecule has 0 aromatic carbocycles. The minimum absolute atomic E-state index is 0.0137. The Morgan fingerprint density at radius 1 is 0.536 bits per heavy atom. The summed E-state index contributed by atoms with van der Waals surface area (Å²) in [5, 5.41) is 2.20. The van der Waals surface area contributed by atoms with Gasteiger partial charge in [-0.1, -0.05) is 0 Å². The van der Waals surface area contributed by atoms with Crippen molar-refractivity contribution in [3.63, 3.8) is 0 Å². The molecule has 4 aromatic heterocycles. The maximum atomic E-state index is 13.5. The molecule has 8 bridgehead atoms. The zero-order valence-electron chi connectivity index (χ0n) is 14.5. The molecule has 5 rings (SSSR count). The number of H-pyrrole nitrogens is 4. The van der Waals surface area contributed by atoms with Crippen molar-refractivity contribution in [2.45, 2.75) is 6.18 Å². The summed E-state index contributed by atoms with van der Waals surface area (Å²) in [4.78, 5) is 12.5. The van der Waals surface area contributed by atoms with Gasteiger partial charge in [-0.3, -0.25) is 0 Å². The second-order valence-electron chi connectivity index (χ2n) is 6.73. The van der Waals surface area contributed by atoms with Gasteiger partial charge in [-0.25, -0.2) is 0 Å². The Morgan fingerprint density at radius 3 is 1.57 bits per heavy atom. The predicted molar refractivity (Wildman–Crippen MR) is 101 cm³/mol. The van der Waals surface area contributed by atoms with E-state index in [1.165, 1.54) is 6.08 Å². The number of aromatic nitrogens is 4. The van der Waals surface area contributed by atoms with E-state index in [1.54, 1.807) is 12.1 Å². The van der Waals surface area contributed by atoms with E-state index >= 15 is 0 Å². The number of halogens is 3. The van der Waals surface area contributed by atoms with Crippen LogP contribution in [0.3, 0.4) is 0 Å². The van der Waals surface area contributed by atoms with Gasteiger partial charge in [0.2, 0.25) is 0 Å². The molecule has 4 N–H and O–H groups in total. The summed E-state index contributed by atoms with van der Waals surface area (Å²) in [5.74, 6) is 0. The van der Waals surface area contributed by atoms with Gasteiger partial charge in [0.05, 0.1) is 10.9 Å². The van der Waals surface area contributed by atoms with Crippen molar-refractivity contribution >= 4 is 24.3 Å². The van der Waals surface area contributed by atoms with E-state index in [0.29, 0.717) is 16.7 Å². The standard InChI is InChI=1S/C21H15F3N4/c22-21(23,24)19-10-18-9-16-4-3-14(26-16)7-12-1-2-13(25-12)8-15-5-6-17(27-15)11-20(19)28-18/h1-11,25-28H. The quantitative estimate of drug-likeness (QED) is 0.316. The van der Waals surface area contributed by atoms with Crippen LogP contribution in [0.1, 0.15) is 28.3 Å². The highest BCUT2D eigenvalue weighted by molar-refractivity contribution is 5.55. The molecule has 140 valence electrons. The summed E-state index contributed by atoms with van der Waals surface area (Å²) in [5.41, 5.74) is 2.23. The Bertz CT molecular complexity index is 1410. The van der Waals surface area contributed by atoms with Crippen molar-refractivity contribution in [2.24, 2.45) is 0 Å². The van der Waals surface area contributed by atoms with Crippen LogP contribution >= 0.6 is 0 Å². The fourth-order valence-electron chi connectivity index (χ4n) is 3.37. The lowest BCUT2D eigenvalue weighted by Gasteiger charge is -2.02. The average molecular weight is 380 g/mol. The van der Waals surface area contributed by atoms with E-state index < -0.39 is 11.7 Å². The van der Waals surface area contributed by atoms with Crippen molar-refractivity contribution < 1.29 is 13.2 Å². The first-order valence-electron chi connectivity index (χ1n) is 8.69. The molecule has 0 atom stereocenters. The number of rotatable bonds is 0. The minimum atomic E-state index is -4.45. The molecule has 0 saturated carbocycles. The molecule has 0 saturated heterocycles. The number of fused-ring (bicyclic) bond motifs is 8. The lowest BCUT2D eigenvalue weighted by Crippen LogP contribution is -2.18. The highest BCUT2D eigenvalue weighted by Gasteiger charge is 2.32. The summed E-state index contributed by atoms with van der Waals surface area (Å²) in [6, 6.07) is 12.3. The Balaban J connectivity index is 1.81. The molecule has 28 heavy (non-hydrogen) atoms. The van der Waals surface area contributed by atoms with E-state index in [1.807, 2.05) is 42.5 Å². The fourth-order valence-corrected chi connectivity index (χ4v) is 3.37. The van der Waals surface area contributed by atoms with Crippen LogP contribution in [0.5, 0.6) is 0 Å². The minimum Gasteiger partial charge on any atom is -0.355 e. The third-order valence-electron chi connectivity index (χ3n) is 4.60.